The van der Waals surface area contributed by atoms with Crippen molar-refractivity contribution in [2.45, 2.75) is 45.3 Å². The molecule has 5 rings (SSSR count). The lowest BCUT2D eigenvalue weighted by Crippen LogP contribution is -2.41. The van der Waals surface area contributed by atoms with Gasteiger partial charge in [-0.1, -0.05) is 6.92 Å². The Morgan fingerprint density at radius 3 is 2.81 bits per heavy atom. The fourth-order valence-electron chi connectivity index (χ4n) is 5.26. The molecule has 3 aromatic rings. The van der Waals surface area contributed by atoms with E-state index in [1.54, 1.807) is 12.1 Å². The van der Waals surface area contributed by atoms with Gasteiger partial charge >= 0.3 is 0 Å². The van der Waals surface area contributed by atoms with E-state index in [0.717, 1.165) is 24.1 Å². The summed E-state index contributed by atoms with van der Waals surface area (Å²) in [5, 5.41) is 18.4. The van der Waals surface area contributed by atoms with E-state index in [0.29, 0.717) is 24.3 Å². The normalized spacial score (nSPS) is 23.1. The number of nitrogens with zero attached hydrogens (tertiary/aromatic N) is 7. The van der Waals surface area contributed by atoms with Crippen molar-refractivity contribution in [3.8, 4) is 6.07 Å². The first kappa shape index (κ1) is 20.5. The minimum Gasteiger partial charge on any atom is -0.369 e. The first-order chi connectivity index (χ1) is 15.3. The molecule has 2 N–H and O–H groups in total. The van der Waals surface area contributed by atoms with Crippen molar-refractivity contribution in [1.29, 1.82) is 5.26 Å². The number of nitriles is 1. The number of halogens is 1. The second-order valence-corrected chi connectivity index (χ2v) is 8.86. The molecule has 0 aromatic carbocycles. The quantitative estimate of drug-likeness (QED) is 0.674. The van der Waals surface area contributed by atoms with E-state index in [4.69, 9.17) is 10.8 Å². The van der Waals surface area contributed by atoms with Gasteiger partial charge in [-0.25, -0.2) is 8.91 Å². The lowest BCUT2D eigenvalue weighted by atomic mass is 9.89. The van der Waals surface area contributed by atoms with E-state index in [2.05, 4.69) is 46.4 Å². The number of rotatable bonds is 3. The molecule has 10 heteroatoms. The maximum atomic E-state index is 14.7. The molecule has 166 valence electrons. The number of primary amides is 1. The van der Waals surface area contributed by atoms with Crippen LogP contribution in [0, 0.1) is 17.1 Å². The summed E-state index contributed by atoms with van der Waals surface area (Å²) in [6.07, 6.45) is 1.15. The Kier molecular flexibility index (Phi) is 4.67. The molecule has 2 aliphatic heterocycles. The monoisotopic (exact) mass is 436 g/mol. The Morgan fingerprint density at radius 1 is 1.31 bits per heavy atom. The third kappa shape index (κ3) is 2.96. The Bertz CT molecular complexity index is 1270. The van der Waals surface area contributed by atoms with Gasteiger partial charge in [-0.05, 0) is 31.9 Å². The summed E-state index contributed by atoms with van der Waals surface area (Å²) < 4.78 is 18.1. The van der Waals surface area contributed by atoms with Gasteiger partial charge in [-0.15, -0.1) is 0 Å². The molecule has 3 atom stereocenters. The SMILES string of the molecule is CC1CN(CC(N)=O)C(C)c2nn3c(c21)CN(c1ccc(C#N)n2ncc(F)c12)C[C@H]3C. The molecule has 2 aliphatic rings. The van der Waals surface area contributed by atoms with E-state index >= 15 is 0 Å². The van der Waals surface area contributed by atoms with Gasteiger partial charge in [0, 0.05) is 18.7 Å². The zero-order chi connectivity index (χ0) is 22.7. The molecule has 0 spiro atoms. The number of anilines is 1. The van der Waals surface area contributed by atoms with E-state index in [-0.39, 0.29) is 36.1 Å². The van der Waals surface area contributed by atoms with Crippen LogP contribution in [0.3, 0.4) is 0 Å². The first-order valence-corrected chi connectivity index (χ1v) is 10.7. The van der Waals surface area contributed by atoms with Crippen LogP contribution in [0.2, 0.25) is 0 Å². The van der Waals surface area contributed by atoms with E-state index in [9.17, 15) is 14.4 Å². The van der Waals surface area contributed by atoms with Crippen molar-refractivity contribution in [3.63, 3.8) is 0 Å². The molecule has 0 aliphatic carbocycles. The highest BCUT2D eigenvalue weighted by Crippen LogP contribution is 2.41. The summed E-state index contributed by atoms with van der Waals surface area (Å²) in [5.41, 5.74) is 10.1. The Hall–Kier alpha value is -3.45. The average molecular weight is 436 g/mol. The summed E-state index contributed by atoms with van der Waals surface area (Å²) in [6.45, 7) is 8.45. The third-order valence-electron chi connectivity index (χ3n) is 6.67. The molecule has 0 fully saturated rings. The molecular weight excluding hydrogens is 411 g/mol. The molecule has 0 saturated carbocycles. The molecule has 32 heavy (non-hydrogen) atoms. The van der Waals surface area contributed by atoms with Gasteiger partial charge in [0.05, 0.1) is 48.4 Å². The van der Waals surface area contributed by atoms with Crippen molar-refractivity contribution in [3.05, 3.63) is 46.8 Å². The number of hydrogen-bond acceptors (Lipinski definition) is 6. The molecule has 3 aromatic heterocycles. The molecular formula is C22H25FN8O. The molecule has 2 unspecified atom stereocenters. The minimum atomic E-state index is -0.449. The number of fused-ring (bicyclic) bond motifs is 4. The van der Waals surface area contributed by atoms with Crippen LogP contribution in [0.5, 0.6) is 0 Å². The highest BCUT2D eigenvalue weighted by molar-refractivity contribution is 5.76. The molecule has 0 radical (unpaired) electrons. The summed E-state index contributed by atoms with van der Waals surface area (Å²) >= 11 is 0. The van der Waals surface area contributed by atoms with Crippen molar-refractivity contribution in [1.82, 2.24) is 24.3 Å². The van der Waals surface area contributed by atoms with Gasteiger partial charge in [0.15, 0.2) is 5.82 Å². The van der Waals surface area contributed by atoms with Gasteiger partial charge in [0.2, 0.25) is 5.91 Å². The topological polar surface area (TPSA) is 108 Å². The number of amides is 1. The fraction of sp³-hybridized carbons (Fsp3) is 0.455. The van der Waals surface area contributed by atoms with Gasteiger partial charge in [0.1, 0.15) is 17.3 Å². The second-order valence-electron chi connectivity index (χ2n) is 8.86. The van der Waals surface area contributed by atoms with Crippen molar-refractivity contribution >= 4 is 17.1 Å². The minimum absolute atomic E-state index is 0.0126. The van der Waals surface area contributed by atoms with E-state index in [1.165, 1.54) is 10.1 Å². The summed E-state index contributed by atoms with van der Waals surface area (Å²) in [6, 6.07) is 5.59. The zero-order valence-corrected chi connectivity index (χ0v) is 18.3. The summed E-state index contributed by atoms with van der Waals surface area (Å²) in [4.78, 5) is 15.7. The fourth-order valence-corrected chi connectivity index (χ4v) is 5.26. The van der Waals surface area contributed by atoms with E-state index < -0.39 is 5.82 Å². The van der Waals surface area contributed by atoms with Crippen LogP contribution >= 0.6 is 0 Å². The second kappa shape index (κ2) is 7.31. The summed E-state index contributed by atoms with van der Waals surface area (Å²) in [7, 11) is 0. The number of carbonyl (C=O) groups is 1. The predicted octanol–water partition coefficient (Wildman–Crippen LogP) is 2.09. The van der Waals surface area contributed by atoms with Crippen molar-refractivity contribution in [2.75, 3.05) is 24.5 Å². The number of hydrogen-bond donors (Lipinski definition) is 1. The van der Waals surface area contributed by atoms with Gasteiger partial charge < -0.3 is 10.6 Å². The lowest BCUT2D eigenvalue weighted by Gasteiger charge is -2.37. The highest BCUT2D eigenvalue weighted by Gasteiger charge is 2.38. The van der Waals surface area contributed by atoms with Crippen molar-refractivity contribution < 1.29 is 9.18 Å². The Morgan fingerprint density at radius 2 is 2.09 bits per heavy atom. The largest absolute Gasteiger partial charge is 0.369 e. The predicted molar refractivity (Wildman–Crippen MR) is 115 cm³/mol. The van der Waals surface area contributed by atoms with Crippen LogP contribution in [-0.4, -0.2) is 49.8 Å². The molecule has 0 bridgehead atoms. The van der Waals surface area contributed by atoms with E-state index in [1.807, 2.05) is 0 Å². The lowest BCUT2D eigenvalue weighted by molar-refractivity contribution is -0.119. The molecule has 9 nitrogen and oxygen atoms in total. The number of carbonyl (C=O) groups excluding carboxylic acids is 1. The van der Waals surface area contributed by atoms with Gasteiger partial charge in [0.25, 0.3) is 0 Å². The van der Waals surface area contributed by atoms with Crippen molar-refractivity contribution in [2.24, 2.45) is 5.73 Å². The van der Waals surface area contributed by atoms with Crippen LogP contribution in [0.1, 0.15) is 61.4 Å². The zero-order valence-electron chi connectivity index (χ0n) is 18.3. The van der Waals surface area contributed by atoms with Gasteiger partial charge in [-0.2, -0.15) is 15.5 Å². The first-order valence-electron chi connectivity index (χ1n) is 10.7. The van der Waals surface area contributed by atoms with Crippen LogP contribution < -0.4 is 10.6 Å². The standard InChI is InChI=1S/C22H25FN8O/c1-12-8-28(11-19(25)32)14(3)21-20(12)18-10-29(9-13(2)30(18)27-21)17-5-4-15(6-24)31-22(17)16(23)7-26-31/h4-5,7,12-14H,8-11H2,1-3H3,(H2,25,32)/t12?,13-,14?/m1/s1. The maximum Gasteiger partial charge on any atom is 0.231 e. The maximum absolute atomic E-state index is 14.7. The third-order valence-corrected chi connectivity index (χ3v) is 6.67. The molecule has 5 heterocycles. The number of pyridine rings is 1. The van der Waals surface area contributed by atoms with Crippen LogP contribution in [0.25, 0.3) is 5.52 Å². The summed E-state index contributed by atoms with van der Waals surface area (Å²) in [5.74, 6) is -0.609. The Labute approximate surface area is 184 Å². The highest BCUT2D eigenvalue weighted by atomic mass is 19.1. The van der Waals surface area contributed by atoms with Crippen LogP contribution in [0.15, 0.2) is 18.3 Å². The Balaban J connectivity index is 1.57. The number of aromatic nitrogens is 4. The van der Waals surface area contributed by atoms with Gasteiger partial charge in [-0.3, -0.25) is 14.4 Å². The van der Waals surface area contributed by atoms with Crippen LogP contribution in [-0.2, 0) is 11.3 Å². The molecule has 1 amide bonds. The molecule has 0 saturated heterocycles. The number of nitrogens with two attached hydrogens (primary N) is 1. The van der Waals surface area contributed by atoms with Crippen LogP contribution in [0.4, 0.5) is 10.1 Å². The smallest absolute Gasteiger partial charge is 0.231 e. The average Bonchev–Trinajstić information content (AvgIpc) is 3.33.